The van der Waals surface area contributed by atoms with Gasteiger partial charge in [-0.1, -0.05) is 24.3 Å². The zero-order valence-electron chi connectivity index (χ0n) is 10.4. The topological polar surface area (TPSA) is 52.6 Å². The fraction of sp³-hybridized carbons (Fsp3) is 0.462. The van der Waals surface area contributed by atoms with E-state index in [-0.39, 0.29) is 17.8 Å². The molecular formula is C13H16ClN2O2S-. The molecule has 2 aliphatic heterocycles. The fourth-order valence-electron chi connectivity index (χ4n) is 2.68. The number of thioether (sulfide) groups is 1. The Labute approximate surface area is 123 Å². The average Bonchev–Trinajstić information content (AvgIpc) is 2.97. The smallest absolute Gasteiger partial charge is 0.323 e. The van der Waals surface area contributed by atoms with Crippen LogP contribution in [0.1, 0.15) is 11.1 Å². The van der Waals surface area contributed by atoms with Gasteiger partial charge in [-0.25, -0.2) is 0 Å². The van der Waals surface area contributed by atoms with Gasteiger partial charge in [-0.05, 0) is 11.1 Å². The fourth-order valence-corrected chi connectivity index (χ4v) is 3.88. The standard InChI is InChI=1S/C13H16N2O2S.ClH/c16-13(17)11(12-14-5-6-18-12)15-7-9-3-1-2-4-10(9)8-15;/h1-4,11-12,14H,5-8H2,(H,16,17);1H/p-1. The number of hydrogen-bond acceptors (Lipinski definition) is 4. The molecule has 0 radical (unpaired) electrons. The van der Waals surface area contributed by atoms with Gasteiger partial charge in [0.25, 0.3) is 0 Å². The molecular weight excluding hydrogens is 284 g/mol. The highest BCUT2D eigenvalue weighted by atomic mass is 35.5. The minimum Gasteiger partial charge on any atom is -1.00 e. The summed E-state index contributed by atoms with van der Waals surface area (Å²) in [6, 6.07) is 7.76. The molecule has 19 heavy (non-hydrogen) atoms. The summed E-state index contributed by atoms with van der Waals surface area (Å²) in [5, 5.41) is 12.8. The van der Waals surface area contributed by atoms with Crippen molar-refractivity contribution in [1.82, 2.24) is 10.2 Å². The van der Waals surface area contributed by atoms with Crippen molar-refractivity contribution in [3.8, 4) is 0 Å². The number of carboxylic acids is 1. The largest absolute Gasteiger partial charge is 1.00 e. The van der Waals surface area contributed by atoms with Crippen molar-refractivity contribution in [2.45, 2.75) is 24.5 Å². The van der Waals surface area contributed by atoms with E-state index in [0.717, 1.165) is 25.4 Å². The molecule has 0 amide bonds. The Bertz CT molecular complexity index is 441. The second kappa shape index (κ2) is 6.13. The summed E-state index contributed by atoms with van der Waals surface area (Å²) in [5.41, 5.74) is 2.51. The molecule has 2 unspecified atom stereocenters. The Hall–Kier alpha value is -0.750. The van der Waals surface area contributed by atoms with Crippen molar-refractivity contribution in [2.24, 2.45) is 0 Å². The average molecular weight is 300 g/mol. The van der Waals surface area contributed by atoms with Crippen LogP contribution in [0.4, 0.5) is 0 Å². The summed E-state index contributed by atoms with van der Waals surface area (Å²) < 4.78 is 0. The molecule has 0 aliphatic carbocycles. The Morgan fingerprint density at radius 2 is 2.00 bits per heavy atom. The van der Waals surface area contributed by atoms with Crippen molar-refractivity contribution in [3.05, 3.63) is 35.4 Å². The van der Waals surface area contributed by atoms with Crippen molar-refractivity contribution >= 4 is 17.7 Å². The van der Waals surface area contributed by atoms with E-state index in [1.165, 1.54) is 11.1 Å². The lowest BCUT2D eigenvalue weighted by atomic mass is 10.1. The van der Waals surface area contributed by atoms with Crippen molar-refractivity contribution < 1.29 is 22.3 Å². The summed E-state index contributed by atoms with van der Waals surface area (Å²) >= 11 is 1.71. The molecule has 0 spiro atoms. The molecule has 1 aromatic rings. The van der Waals surface area contributed by atoms with Crippen LogP contribution in [0.3, 0.4) is 0 Å². The Balaban J connectivity index is 0.00000133. The van der Waals surface area contributed by atoms with Crippen LogP contribution in [0.2, 0.25) is 0 Å². The third-order valence-electron chi connectivity index (χ3n) is 3.54. The van der Waals surface area contributed by atoms with E-state index in [1.54, 1.807) is 11.8 Å². The molecule has 1 aromatic carbocycles. The molecule has 104 valence electrons. The molecule has 0 saturated carbocycles. The van der Waals surface area contributed by atoms with Crippen LogP contribution in [0, 0.1) is 0 Å². The van der Waals surface area contributed by atoms with Gasteiger partial charge in [0.15, 0.2) is 0 Å². The number of hydrogen-bond donors (Lipinski definition) is 2. The number of nitrogens with one attached hydrogen (secondary N) is 1. The monoisotopic (exact) mass is 299 g/mol. The maximum Gasteiger partial charge on any atom is 0.323 e. The van der Waals surface area contributed by atoms with Gasteiger partial charge in [-0.2, -0.15) is 0 Å². The van der Waals surface area contributed by atoms with E-state index in [2.05, 4.69) is 22.3 Å². The summed E-state index contributed by atoms with van der Waals surface area (Å²) in [7, 11) is 0. The Morgan fingerprint density at radius 1 is 1.37 bits per heavy atom. The summed E-state index contributed by atoms with van der Waals surface area (Å²) in [6.45, 7) is 2.39. The lowest BCUT2D eigenvalue weighted by molar-refractivity contribution is -0.143. The number of benzene rings is 1. The van der Waals surface area contributed by atoms with Crippen LogP contribution >= 0.6 is 11.8 Å². The van der Waals surface area contributed by atoms with Gasteiger partial charge in [0, 0.05) is 25.4 Å². The summed E-state index contributed by atoms with van der Waals surface area (Å²) in [4.78, 5) is 13.6. The van der Waals surface area contributed by atoms with Gasteiger partial charge in [-0.3, -0.25) is 9.69 Å². The van der Waals surface area contributed by atoms with E-state index in [4.69, 9.17) is 0 Å². The van der Waals surface area contributed by atoms with Crippen molar-refractivity contribution in [2.75, 3.05) is 12.3 Å². The minimum atomic E-state index is -0.727. The maximum absolute atomic E-state index is 11.5. The highest BCUT2D eigenvalue weighted by molar-refractivity contribution is 8.00. The van der Waals surface area contributed by atoms with Crippen LogP contribution < -0.4 is 17.7 Å². The van der Waals surface area contributed by atoms with Gasteiger partial charge in [0.05, 0.1) is 5.37 Å². The van der Waals surface area contributed by atoms with Crippen LogP contribution in [0.15, 0.2) is 24.3 Å². The van der Waals surface area contributed by atoms with Gasteiger partial charge >= 0.3 is 5.97 Å². The number of nitrogens with zero attached hydrogens (tertiary/aromatic N) is 1. The second-order valence-electron chi connectivity index (χ2n) is 4.70. The number of carboxylic acid groups (broad SMARTS) is 1. The molecule has 3 rings (SSSR count). The van der Waals surface area contributed by atoms with Crippen molar-refractivity contribution in [3.63, 3.8) is 0 Å². The van der Waals surface area contributed by atoms with E-state index in [9.17, 15) is 9.90 Å². The molecule has 0 aromatic heterocycles. The van der Waals surface area contributed by atoms with Crippen LogP contribution in [0.5, 0.6) is 0 Å². The minimum absolute atomic E-state index is 0. The number of rotatable bonds is 3. The normalized spacial score (nSPS) is 23.7. The Morgan fingerprint density at radius 3 is 2.47 bits per heavy atom. The second-order valence-corrected chi connectivity index (χ2v) is 5.95. The van der Waals surface area contributed by atoms with E-state index in [0.29, 0.717) is 0 Å². The predicted octanol–water partition coefficient (Wildman–Crippen LogP) is -1.88. The van der Waals surface area contributed by atoms with Gasteiger partial charge in [0.2, 0.25) is 0 Å². The van der Waals surface area contributed by atoms with Gasteiger partial charge < -0.3 is 22.8 Å². The highest BCUT2D eigenvalue weighted by Gasteiger charge is 2.38. The lowest BCUT2D eigenvalue weighted by Crippen LogP contribution is -3.00. The van der Waals surface area contributed by atoms with Crippen molar-refractivity contribution in [1.29, 1.82) is 0 Å². The first-order valence-electron chi connectivity index (χ1n) is 6.14. The number of aliphatic carboxylic acids is 1. The quantitative estimate of drug-likeness (QED) is 0.684. The lowest BCUT2D eigenvalue weighted by Gasteiger charge is -2.28. The summed E-state index contributed by atoms with van der Waals surface area (Å²) in [5.74, 6) is 0.268. The molecule has 2 N–H and O–H groups in total. The first-order chi connectivity index (χ1) is 8.75. The van der Waals surface area contributed by atoms with E-state index in [1.807, 2.05) is 12.1 Å². The predicted molar refractivity (Wildman–Crippen MR) is 71.4 cm³/mol. The first kappa shape index (κ1) is 14.7. The highest BCUT2D eigenvalue weighted by Crippen LogP contribution is 2.29. The number of carbonyl (C=O) groups is 1. The molecule has 2 aliphatic rings. The van der Waals surface area contributed by atoms with Crippen LogP contribution in [-0.4, -0.2) is 39.7 Å². The SMILES string of the molecule is O=C(O)C(C1NCCS1)N1Cc2ccccc2C1.[Cl-]. The zero-order chi connectivity index (χ0) is 12.5. The third kappa shape index (κ3) is 2.89. The molecule has 2 heterocycles. The van der Waals surface area contributed by atoms with Gasteiger partial charge in [-0.15, -0.1) is 11.8 Å². The maximum atomic E-state index is 11.5. The molecule has 2 atom stereocenters. The third-order valence-corrected chi connectivity index (χ3v) is 4.77. The molecule has 1 fully saturated rings. The molecule has 6 heteroatoms. The first-order valence-corrected chi connectivity index (χ1v) is 7.19. The zero-order valence-corrected chi connectivity index (χ0v) is 12.0. The van der Waals surface area contributed by atoms with Gasteiger partial charge in [0.1, 0.15) is 6.04 Å². The molecule has 4 nitrogen and oxygen atoms in total. The molecule has 0 bridgehead atoms. The van der Waals surface area contributed by atoms with E-state index < -0.39 is 12.0 Å². The summed E-state index contributed by atoms with van der Waals surface area (Å²) in [6.07, 6.45) is 0. The Kier molecular flexibility index (Phi) is 4.73. The van der Waals surface area contributed by atoms with Crippen LogP contribution in [0.25, 0.3) is 0 Å². The van der Waals surface area contributed by atoms with E-state index >= 15 is 0 Å². The number of halogens is 1. The van der Waals surface area contributed by atoms with Crippen LogP contribution in [-0.2, 0) is 17.9 Å². The number of fused-ring (bicyclic) bond motifs is 1. The molecule has 1 saturated heterocycles.